The first-order chi connectivity index (χ1) is 28.0. The van der Waals surface area contributed by atoms with E-state index in [0.29, 0.717) is 0 Å². The van der Waals surface area contributed by atoms with Crippen LogP contribution in [0.5, 0.6) is 0 Å². The smallest absolute Gasteiger partial charge is 0.150 e. The van der Waals surface area contributed by atoms with E-state index in [2.05, 4.69) is 106 Å². The summed E-state index contributed by atoms with van der Waals surface area (Å²) in [5, 5.41) is 12.3. The van der Waals surface area contributed by atoms with E-state index in [1.54, 1.807) is 18.7 Å². The summed E-state index contributed by atoms with van der Waals surface area (Å²) >= 11 is 0. The molecule has 0 saturated carbocycles. The van der Waals surface area contributed by atoms with E-state index < -0.39 is 0 Å². The minimum Gasteiger partial charge on any atom is -0.339 e. The van der Waals surface area contributed by atoms with Gasteiger partial charge in [-0.15, -0.1) is 0 Å². The van der Waals surface area contributed by atoms with Crippen molar-refractivity contribution in [1.82, 2.24) is 40.1 Å². The van der Waals surface area contributed by atoms with Crippen molar-refractivity contribution >= 4 is 51.1 Å². The van der Waals surface area contributed by atoms with Crippen LogP contribution in [0.1, 0.15) is 49.6 Å². The number of fused-ring (bicyclic) bond motifs is 4. The molecule has 4 aromatic carbocycles. The Bertz CT molecular complexity index is 2680. The van der Waals surface area contributed by atoms with Crippen LogP contribution in [0.3, 0.4) is 0 Å². The molecule has 282 valence electrons. The number of rotatable bonds is 7. The number of nitrogens with zero attached hydrogens (tertiary/aromatic N) is 7. The molecule has 0 unspecified atom stereocenters. The van der Waals surface area contributed by atoms with Gasteiger partial charge in [-0.25, -0.2) is 19.9 Å². The zero-order valence-electron chi connectivity index (χ0n) is 31.9. The second kappa shape index (κ2) is 17.2. The van der Waals surface area contributed by atoms with Crippen molar-refractivity contribution in [3.63, 3.8) is 0 Å². The van der Waals surface area contributed by atoms with E-state index >= 15 is 0 Å². The fraction of sp³-hybridized carbons (Fsp3) is 0.152. The molecule has 8 aromatic rings. The van der Waals surface area contributed by atoms with Gasteiger partial charge in [0, 0.05) is 60.2 Å². The molecular formula is C46H42N10O. The summed E-state index contributed by atoms with van der Waals surface area (Å²) in [7, 11) is 0. The van der Waals surface area contributed by atoms with E-state index in [1.807, 2.05) is 73.9 Å². The van der Waals surface area contributed by atoms with E-state index in [9.17, 15) is 4.79 Å². The number of nitrogens with one attached hydrogen (secondary N) is 3. The molecule has 11 heteroatoms. The second-order valence-corrected chi connectivity index (χ2v) is 14.1. The SMILES string of the molecule is Cc1cccc(C=O)c1.Cc1cccc(CN2Cc3ncnc(Nc4cnc5ccccc5c4)c3C2)c1.c1ccc2ncc(Nc3ncnc4c3CNC4)cc2c1. The lowest BCUT2D eigenvalue weighted by Crippen LogP contribution is -2.15. The van der Waals surface area contributed by atoms with Gasteiger partial charge in [0.05, 0.1) is 46.2 Å². The number of anilines is 4. The third-order valence-electron chi connectivity index (χ3n) is 9.79. The van der Waals surface area contributed by atoms with Crippen LogP contribution in [0.15, 0.2) is 134 Å². The Labute approximate surface area is 331 Å². The first kappa shape index (κ1) is 37.0. The summed E-state index contributed by atoms with van der Waals surface area (Å²) in [5.41, 5.74) is 12.8. The Kier molecular flexibility index (Phi) is 11.2. The first-order valence-electron chi connectivity index (χ1n) is 18.9. The van der Waals surface area contributed by atoms with E-state index in [4.69, 9.17) is 0 Å². The van der Waals surface area contributed by atoms with Crippen molar-refractivity contribution in [3.8, 4) is 0 Å². The van der Waals surface area contributed by atoms with Crippen molar-refractivity contribution in [1.29, 1.82) is 0 Å². The molecule has 4 aromatic heterocycles. The average molecular weight is 751 g/mol. The Morgan fingerprint density at radius 1 is 0.614 bits per heavy atom. The van der Waals surface area contributed by atoms with E-state index in [0.717, 1.165) is 112 Å². The van der Waals surface area contributed by atoms with Crippen molar-refractivity contribution in [2.24, 2.45) is 0 Å². The van der Waals surface area contributed by atoms with Crippen LogP contribution in [0, 0.1) is 13.8 Å². The van der Waals surface area contributed by atoms with Crippen LogP contribution < -0.4 is 16.0 Å². The lowest BCUT2D eigenvalue weighted by atomic mass is 10.1. The largest absolute Gasteiger partial charge is 0.339 e. The number of aldehydes is 1. The molecule has 0 radical (unpaired) electrons. The van der Waals surface area contributed by atoms with E-state index in [1.165, 1.54) is 16.7 Å². The molecule has 6 heterocycles. The number of carbonyl (C=O) groups is 1. The van der Waals surface area contributed by atoms with Crippen LogP contribution in [-0.4, -0.2) is 41.1 Å². The lowest BCUT2D eigenvalue weighted by molar-refractivity contribution is 0.112. The fourth-order valence-electron chi connectivity index (χ4n) is 7.03. The number of pyridine rings is 2. The van der Waals surface area contributed by atoms with Gasteiger partial charge in [0.25, 0.3) is 0 Å². The predicted molar refractivity (Wildman–Crippen MR) is 225 cm³/mol. The van der Waals surface area contributed by atoms with Gasteiger partial charge in [0.2, 0.25) is 0 Å². The van der Waals surface area contributed by atoms with Crippen LogP contribution in [0.25, 0.3) is 21.8 Å². The number of carbonyl (C=O) groups excluding carboxylic acids is 1. The van der Waals surface area contributed by atoms with Gasteiger partial charge >= 0.3 is 0 Å². The van der Waals surface area contributed by atoms with Gasteiger partial charge in [-0.2, -0.15) is 0 Å². The minimum absolute atomic E-state index is 0.745. The lowest BCUT2D eigenvalue weighted by Gasteiger charge is -2.15. The molecule has 0 saturated heterocycles. The molecule has 0 spiro atoms. The molecule has 0 atom stereocenters. The minimum atomic E-state index is 0.745. The molecule has 11 nitrogen and oxygen atoms in total. The molecule has 0 amide bonds. The fourth-order valence-corrected chi connectivity index (χ4v) is 7.03. The van der Waals surface area contributed by atoms with Crippen LogP contribution in [0.4, 0.5) is 23.0 Å². The van der Waals surface area contributed by atoms with Crippen molar-refractivity contribution < 1.29 is 4.79 Å². The molecular weight excluding hydrogens is 709 g/mol. The number of aromatic nitrogens is 6. The van der Waals surface area contributed by atoms with Crippen molar-refractivity contribution in [3.05, 3.63) is 179 Å². The summed E-state index contributed by atoms with van der Waals surface area (Å²) in [6.07, 6.45) is 7.79. The summed E-state index contributed by atoms with van der Waals surface area (Å²) < 4.78 is 0. The van der Waals surface area contributed by atoms with Gasteiger partial charge in [-0.1, -0.05) is 90.0 Å². The maximum Gasteiger partial charge on any atom is 0.150 e. The van der Waals surface area contributed by atoms with Crippen molar-refractivity contribution in [2.75, 3.05) is 10.6 Å². The Morgan fingerprint density at radius 2 is 1.23 bits per heavy atom. The summed E-state index contributed by atoms with van der Waals surface area (Å²) in [6.45, 7) is 8.31. The molecule has 57 heavy (non-hydrogen) atoms. The Balaban J connectivity index is 0.000000136. The van der Waals surface area contributed by atoms with Gasteiger partial charge in [-0.3, -0.25) is 19.7 Å². The maximum atomic E-state index is 10.2. The Hall–Kier alpha value is -6.95. The highest BCUT2D eigenvalue weighted by Gasteiger charge is 2.24. The van der Waals surface area contributed by atoms with Gasteiger partial charge in [0.15, 0.2) is 0 Å². The topological polar surface area (TPSA) is 134 Å². The molecule has 10 rings (SSSR count). The van der Waals surface area contributed by atoms with Gasteiger partial charge in [-0.05, 0) is 49.7 Å². The third-order valence-corrected chi connectivity index (χ3v) is 9.79. The number of para-hydroxylation sites is 2. The molecule has 3 N–H and O–H groups in total. The molecule has 2 aliphatic rings. The van der Waals surface area contributed by atoms with Crippen LogP contribution >= 0.6 is 0 Å². The average Bonchev–Trinajstić information content (AvgIpc) is 3.90. The zero-order valence-corrected chi connectivity index (χ0v) is 31.9. The molecule has 0 aliphatic carbocycles. The molecule has 2 aliphatic heterocycles. The highest BCUT2D eigenvalue weighted by molar-refractivity contribution is 5.83. The normalized spacial score (nSPS) is 12.8. The van der Waals surface area contributed by atoms with Crippen LogP contribution in [-0.2, 0) is 32.7 Å². The van der Waals surface area contributed by atoms with Gasteiger partial charge < -0.3 is 16.0 Å². The third kappa shape index (κ3) is 9.13. The number of hydrogen-bond donors (Lipinski definition) is 3. The van der Waals surface area contributed by atoms with Gasteiger partial charge in [0.1, 0.15) is 30.6 Å². The highest BCUT2D eigenvalue weighted by atomic mass is 16.1. The number of aryl methyl sites for hydroxylation is 2. The maximum absolute atomic E-state index is 10.2. The monoisotopic (exact) mass is 750 g/mol. The quantitative estimate of drug-likeness (QED) is 0.135. The first-order valence-corrected chi connectivity index (χ1v) is 18.9. The zero-order chi connectivity index (χ0) is 39.0. The standard InChI is InChI=1S/C23H21N5.C15H13N5.C8H8O/c1-16-5-4-6-17(9-16)12-28-13-20-22(14-28)25-15-26-23(20)27-19-10-18-7-2-3-8-21(18)24-11-19;1-2-4-13-10(3-1)5-11(6-17-13)20-15-12-7-16-8-14(12)18-9-19-15;1-7-3-2-4-8(5-7)6-9/h2-11,15H,12-14H2,1H3,(H,25,26,27);1-6,9,16H,7-8H2,(H,18,19,20);2-6H,1H3. The predicted octanol–water partition coefficient (Wildman–Crippen LogP) is 8.77. The molecule has 0 fully saturated rings. The number of benzene rings is 4. The number of hydrogen-bond acceptors (Lipinski definition) is 11. The summed E-state index contributed by atoms with van der Waals surface area (Å²) in [4.78, 5) is 39.2. The highest BCUT2D eigenvalue weighted by Crippen LogP contribution is 2.30. The second-order valence-electron chi connectivity index (χ2n) is 14.1. The van der Waals surface area contributed by atoms with Crippen molar-refractivity contribution in [2.45, 2.75) is 46.6 Å². The summed E-state index contributed by atoms with van der Waals surface area (Å²) in [5.74, 6) is 1.73. The van der Waals surface area contributed by atoms with Crippen LogP contribution in [0.2, 0.25) is 0 Å². The Morgan fingerprint density at radius 3 is 1.86 bits per heavy atom. The summed E-state index contributed by atoms with van der Waals surface area (Å²) in [6, 6.07) is 36.5. The molecule has 0 bridgehead atoms. The van der Waals surface area contributed by atoms with E-state index in [-0.39, 0.29) is 0 Å².